The number of pyridine rings is 1. The zero-order valence-electron chi connectivity index (χ0n) is 19.7. The molecule has 0 N–H and O–H groups in total. The first kappa shape index (κ1) is 21.4. The predicted molar refractivity (Wildman–Crippen MR) is 141 cm³/mol. The van der Waals surface area contributed by atoms with Crippen molar-refractivity contribution in [1.29, 1.82) is 0 Å². The molecule has 0 spiro atoms. The second-order valence-electron chi connectivity index (χ2n) is 9.68. The summed E-state index contributed by atoms with van der Waals surface area (Å²) in [5.41, 5.74) is 7.99. The highest BCUT2D eigenvalue weighted by Gasteiger charge is 2.27. The zero-order chi connectivity index (χ0) is 23.3. The zero-order valence-corrected chi connectivity index (χ0v) is 20.5. The molecule has 0 amide bonds. The molecule has 33 heavy (non-hydrogen) atoms. The number of fused-ring (bicyclic) bond motifs is 3. The van der Waals surface area contributed by atoms with Crippen molar-refractivity contribution in [2.45, 2.75) is 33.1 Å². The van der Waals surface area contributed by atoms with E-state index < -0.39 is 0 Å². The second-order valence-corrected chi connectivity index (χ2v) is 10.7. The van der Waals surface area contributed by atoms with Gasteiger partial charge in [0.1, 0.15) is 7.05 Å². The summed E-state index contributed by atoms with van der Waals surface area (Å²) in [6.07, 6.45) is 2.11. The van der Waals surface area contributed by atoms with Crippen LogP contribution in [0, 0.1) is 13.5 Å². The van der Waals surface area contributed by atoms with E-state index in [4.69, 9.17) is 6.57 Å². The fraction of sp³-hybridized carbons (Fsp3) is 0.200. The summed E-state index contributed by atoms with van der Waals surface area (Å²) in [7, 11) is 2.11. The molecule has 0 atom stereocenters. The van der Waals surface area contributed by atoms with Gasteiger partial charge in [0.2, 0.25) is 5.69 Å². The Balaban J connectivity index is 2.02. The Bertz CT molecular complexity index is 1560. The van der Waals surface area contributed by atoms with Gasteiger partial charge in [-0.15, -0.1) is 11.3 Å². The van der Waals surface area contributed by atoms with Gasteiger partial charge in [-0.3, -0.25) is 0 Å². The van der Waals surface area contributed by atoms with Crippen molar-refractivity contribution in [1.82, 2.24) is 0 Å². The molecular formula is C30H27N2S+. The molecule has 2 heterocycles. The van der Waals surface area contributed by atoms with Crippen LogP contribution in [0.25, 0.3) is 47.4 Å². The number of aromatic nitrogens is 1. The lowest BCUT2D eigenvalue weighted by Gasteiger charge is -2.22. The van der Waals surface area contributed by atoms with Gasteiger partial charge in [0.25, 0.3) is 0 Å². The average Bonchev–Trinajstić information content (AvgIpc) is 3.17. The van der Waals surface area contributed by atoms with Crippen LogP contribution >= 0.6 is 11.3 Å². The van der Waals surface area contributed by atoms with Crippen molar-refractivity contribution in [3.8, 4) is 22.4 Å². The maximum Gasteiger partial charge on any atom is 0.213 e. The third kappa shape index (κ3) is 3.43. The number of nitrogens with zero attached hydrogens (tertiary/aromatic N) is 2. The van der Waals surface area contributed by atoms with Crippen molar-refractivity contribution in [2.24, 2.45) is 7.05 Å². The number of aryl methyl sites for hydroxylation is 2. The minimum Gasteiger partial charge on any atom is -0.237 e. The largest absolute Gasteiger partial charge is 0.237 e. The monoisotopic (exact) mass is 447 g/mol. The highest BCUT2D eigenvalue weighted by atomic mass is 32.1. The lowest BCUT2D eigenvalue weighted by Crippen LogP contribution is -2.30. The maximum atomic E-state index is 7.85. The van der Waals surface area contributed by atoms with E-state index in [1.165, 1.54) is 42.6 Å². The van der Waals surface area contributed by atoms with Gasteiger partial charge in [-0.1, -0.05) is 69.3 Å². The molecule has 0 aliphatic carbocycles. The smallest absolute Gasteiger partial charge is 0.213 e. The molecule has 0 aliphatic rings. The van der Waals surface area contributed by atoms with Crippen molar-refractivity contribution < 1.29 is 4.57 Å². The number of benzene rings is 3. The first-order chi connectivity index (χ1) is 15.8. The Morgan fingerprint density at radius 3 is 2.27 bits per heavy atom. The summed E-state index contributed by atoms with van der Waals surface area (Å²) in [6.45, 7) is 16.9. The van der Waals surface area contributed by atoms with E-state index >= 15 is 0 Å². The molecule has 5 aromatic rings. The fourth-order valence-electron chi connectivity index (χ4n) is 4.80. The Hall–Kier alpha value is -3.48. The van der Waals surface area contributed by atoms with Gasteiger partial charge < -0.3 is 0 Å². The molecule has 0 aliphatic heterocycles. The average molecular weight is 448 g/mol. The van der Waals surface area contributed by atoms with Crippen LogP contribution in [0.4, 0.5) is 5.69 Å². The third-order valence-electron chi connectivity index (χ3n) is 6.39. The second kappa shape index (κ2) is 7.83. The van der Waals surface area contributed by atoms with E-state index in [-0.39, 0.29) is 5.41 Å². The predicted octanol–water partition coefficient (Wildman–Crippen LogP) is 8.37. The summed E-state index contributed by atoms with van der Waals surface area (Å²) in [4.78, 5) is 3.90. The Morgan fingerprint density at radius 2 is 1.61 bits per heavy atom. The standard InChI is InChI=1S/C30H27N2S/c1-19-18-22(30(2,3)4)27-21-15-16-23(31-5)26(20-12-8-7-9-13-20)28(21)33-29(27)25(19)24-14-10-11-17-32(24)6/h7-18H,1-4,6H3/q+1. The van der Waals surface area contributed by atoms with Crippen LogP contribution in [-0.4, -0.2) is 0 Å². The van der Waals surface area contributed by atoms with Crippen LogP contribution in [0.5, 0.6) is 0 Å². The first-order valence-electron chi connectivity index (χ1n) is 11.2. The van der Waals surface area contributed by atoms with E-state index in [1.54, 1.807) is 0 Å². The lowest BCUT2D eigenvalue weighted by molar-refractivity contribution is -0.660. The number of rotatable bonds is 2. The topological polar surface area (TPSA) is 8.24 Å². The van der Waals surface area contributed by atoms with E-state index in [0.717, 1.165) is 11.1 Å². The highest BCUT2D eigenvalue weighted by Crippen LogP contribution is 2.50. The molecule has 0 unspecified atom stereocenters. The molecule has 0 radical (unpaired) electrons. The van der Waals surface area contributed by atoms with Gasteiger partial charge in [-0.05, 0) is 40.5 Å². The van der Waals surface area contributed by atoms with Gasteiger partial charge in [-0.25, -0.2) is 9.41 Å². The van der Waals surface area contributed by atoms with Crippen molar-refractivity contribution >= 4 is 37.2 Å². The van der Waals surface area contributed by atoms with Crippen molar-refractivity contribution in [3.05, 3.63) is 95.5 Å². The molecule has 0 saturated heterocycles. The Morgan fingerprint density at radius 1 is 0.879 bits per heavy atom. The van der Waals surface area contributed by atoms with E-state index in [1.807, 2.05) is 23.5 Å². The van der Waals surface area contributed by atoms with Crippen LogP contribution in [0.3, 0.4) is 0 Å². The lowest BCUT2D eigenvalue weighted by atomic mass is 9.81. The molecule has 0 fully saturated rings. The van der Waals surface area contributed by atoms with E-state index in [0.29, 0.717) is 5.69 Å². The van der Waals surface area contributed by atoms with Crippen LogP contribution in [0.1, 0.15) is 31.9 Å². The summed E-state index contributed by atoms with van der Waals surface area (Å²) >= 11 is 1.83. The molecule has 3 heteroatoms. The van der Waals surface area contributed by atoms with Gasteiger partial charge in [0.05, 0.1) is 12.1 Å². The highest BCUT2D eigenvalue weighted by molar-refractivity contribution is 7.27. The normalized spacial score (nSPS) is 11.8. The summed E-state index contributed by atoms with van der Waals surface area (Å²) < 4.78 is 4.70. The molecule has 3 aromatic carbocycles. The van der Waals surface area contributed by atoms with Crippen molar-refractivity contribution in [3.63, 3.8) is 0 Å². The van der Waals surface area contributed by atoms with Gasteiger partial charge in [0, 0.05) is 32.5 Å². The van der Waals surface area contributed by atoms with E-state index in [9.17, 15) is 0 Å². The Kier molecular flexibility index (Phi) is 5.07. The van der Waals surface area contributed by atoms with Gasteiger partial charge >= 0.3 is 0 Å². The third-order valence-corrected chi connectivity index (χ3v) is 7.63. The molecule has 5 rings (SSSR count). The summed E-state index contributed by atoms with van der Waals surface area (Å²) in [5.74, 6) is 0. The minimum absolute atomic E-state index is 0.000200. The summed E-state index contributed by atoms with van der Waals surface area (Å²) in [6, 6.07) is 23.3. The Labute approximate surface area is 199 Å². The number of hydrogen-bond donors (Lipinski definition) is 0. The first-order valence-corrected chi connectivity index (χ1v) is 12.0. The molecule has 162 valence electrons. The van der Waals surface area contributed by atoms with Crippen LogP contribution in [-0.2, 0) is 12.5 Å². The van der Waals surface area contributed by atoms with Gasteiger partial charge in [0.15, 0.2) is 11.9 Å². The van der Waals surface area contributed by atoms with Crippen LogP contribution in [0.2, 0.25) is 0 Å². The molecular weight excluding hydrogens is 420 g/mol. The van der Waals surface area contributed by atoms with Crippen molar-refractivity contribution in [2.75, 3.05) is 0 Å². The molecule has 0 bridgehead atoms. The molecule has 2 aromatic heterocycles. The quantitative estimate of drug-likeness (QED) is 0.190. The number of hydrogen-bond acceptors (Lipinski definition) is 1. The van der Waals surface area contributed by atoms with E-state index in [2.05, 4.69) is 105 Å². The van der Waals surface area contributed by atoms with Gasteiger partial charge in [-0.2, -0.15) is 0 Å². The van der Waals surface area contributed by atoms with Crippen LogP contribution < -0.4 is 4.57 Å². The minimum atomic E-state index is -0.000200. The number of thiophene rings is 1. The molecule has 2 nitrogen and oxygen atoms in total. The maximum absolute atomic E-state index is 7.85. The fourth-order valence-corrected chi connectivity index (χ4v) is 6.30. The SMILES string of the molecule is [C-]#[N+]c1ccc2c(sc3c(-c4cccc[n+]4C)c(C)cc(C(C)(C)C)c32)c1-c1ccccc1. The van der Waals surface area contributed by atoms with Crippen LogP contribution in [0.15, 0.2) is 72.9 Å². The summed E-state index contributed by atoms with van der Waals surface area (Å²) in [5, 5.41) is 2.56. The molecule has 0 saturated carbocycles.